The van der Waals surface area contributed by atoms with Crippen LogP contribution in [0.1, 0.15) is 44.1 Å². The van der Waals surface area contributed by atoms with Gasteiger partial charge in [0.15, 0.2) is 0 Å². The summed E-state index contributed by atoms with van der Waals surface area (Å²) in [6.45, 7) is 1.59. The minimum Gasteiger partial charge on any atom is -0.490 e. The van der Waals surface area contributed by atoms with Crippen LogP contribution in [0.3, 0.4) is 0 Å². The van der Waals surface area contributed by atoms with Crippen LogP contribution in [-0.4, -0.2) is 24.6 Å². The summed E-state index contributed by atoms with van der Waals surface area (Å²) >= 11 is 0. The Hall–Kier alpha value is -1.55. The molecule has 0 bridgehead atoms. The number of carbonyl (C=O) groups is 1. The summed E-state index contributed by atoms with van der Waals surface area (Å²) in [6.07, 6.45) is 6.78. The van der Waals surface area contributed by atoms with Crippen LogP contribution in [0.2, 0.25) is 0 Å². The molecular weight excluding hydrogens is 264 g/mol. The summed E-state index contributed by atoms with van der Waals surface area (Å²) in [5, 5.41) is 6.37. The fourth-order valence-electron chi connectivity index (χ4n) is 2.85. The van der Waals surface area contributed by atoms with Gasteiger partial charge in [-0.3, -0.25) is 4.79 Å². The van der Waals surface area contributed by atoms with E-state index in [0.717, 1.165) is 37.1 Å². The molecule has 2 fully saturated rings. The van der Waals surface area contributed by atoms with E-state index in [-0.39, 0.29) is 5.91 Å². The Morgan fingerprint density at radius 1 is 1.24 bits per heavy atom. The minimum atomic E-state index is 0.118. The van der Waals surface area contributed by atoms with Crippen molar-refractivity contribution in [2.75, 3.05) is 6.54 Å². The average Bonchev–Trinajstić information content (AvgIpc) is 2.94. The van der Waals surface area contributed by atoms with E-state index in [1.165, 1.54) is 12.8 Å². The third-order valence-electron chi connectivity index (χ3n) is 4.39. The quantitative estimate of drug-likeness (QED) is 0.845. The topological polar surface area (TPSA) is 50.4 Å². The summed E-state index contributed by atoms with van der Waals surface area (Å²) < 4.78 is 5.98. The maximum atomic E-state index is 12.0. The van der Waals surface area contributed by atoms with E-state index in [1.807, 2.05) is 24.3 Å². The molecule has 4 nitrogen and oxygen atoms in total. The number of carbonyl (C=O) groups excluding carboxylic acids is 1. The number of amides is 1. The summed E-state index contributed by atoms with van der Waals surface area (Å²) in [7, 11) is 0. The van der Waals surface area contributed by atoms with Gasteiger partial charge in [0, 0.05) is 24.6 Å². The van der Waals surface area contributed by atoms with Crippen LogP contribution >= 0.6 is 0 Å². The lowest BCUT2D eigenvalue weighted by molar-refractivity contribution is -0.121. The highest BCUT2D eigenvalue weighted by molar-refractivity contribution is 5.76. The zero-order valence-corrected chi connectivity index (χ0v) is 12.4. The number of para-hydroxylation sites is 1. The van der Waals surface area contributed by atoms with Crippen molar-refractivity contribution in [2.24, 2.45) is 0 Å². The van der Waals surface area contributed by atoms with Crippen molar-refractivity contribution in [1.29, 1.82) is 0 Å². The van der Waals surface area contributed by atoms with Crippen LogP contribution in [0.5, 0.6) is 5.75 Å². The van der Waals surface area contributed by atoms with Gasteiger partial charge < -0.3 is 15.4 Å². The van der Waals surface area contributed by atoms with Gasteiger partial charge in [-0.05, 0) is 44.7 Å². The molecular formula is C17H24N2O2. The summed E-state index contributed by atoms with van der Waals surface area (Å²) in [5.74, 6) is 1.04. The van der Waals surface area contributed by atoms with Crippen molar-refractivity contribution in [2.45, 2.75) is 57.2 Å². The van der Waals surface area contributed by atoms with Crippen molar-refractivity contribution in [3.05, 3.63) is 29.8 Å². The molecule has 1 saturated heterocycles. The van der Waals surface area contributed by atoms with Crippen molar-refractivity contribution in [3.8, 4) is 5.75 Å². The van der Waals surface area contributed by atoms with Crippen LogP contribution < -0.4 is 15.4 Å². The molecule has 1 saturated carbocycles. The van der Waals surface area contributed by atoms with Gasteiger partial charge >= 0.3 is 0 Å². The second-order valence-corrected chi connectivity index (χ2v) is 6.05. The molecule has 1 atom stereocenters. The van der Waals surface area contributed by atoms with E-state index in [4.69, 9.17) is 4.74 Å². The number of ether oxygens (including phenoxy) is 1. The summed E-state index contributed by atoms with van der Waals surface area (Å²) in [6, 6.07) is 8.36. The Kier molecular flexibility index (Phi) is 4.76. The Morgan fingerprint density at radius 2 is 2.10 bits per heavy atom. The third kappa shape index (κ3) is 3.97. The molecule has 1 amide bonds. The lowest BCUT2D eigenvalue weighted by Gasteiger charge is -2.27. The summed E-state index contributed by atoms with van der Waals surface area (Å²) in [4.78, 5) is 12.0. The van der Waals surface area contributed by atoms with E-state index >= 15 is 0 Å². The number of rotatable bonds is 6. The lowest BCUT2D eigenvalue weighted by Crippen LogP contribution is -2.32. The number of nitrogens with one attached hydrogen (secondary N) is 2. The highest BCUT2D eigenvalue weighted by Gasteiger charge is 2.21. The first-order valence-corrected chi connectivity index (χ1v) is 8.06. The van der Waals surface area contributed by atoms with Gasteiger partial charge in [-0.15, -0.1) is 0 Å². The first-order chi connectivity index (χ1) is 10.3. The van der Waals surface area contributed by atoms with Crippen molar-refractivity contribution < 1.29 is 9.53 Å². The third-order valence-corrected chi connectivity index (χ3v) is 4.39. The van der Waals surface area contributed by atoms with Gasteiger partial charge in [-0.25, -0.2) is 0 Å². The van der Waals surface area contributed by atoms with E-state index in [1.54, 1.807) is 0 Å². The van der Waals surface area contributed by atoms with Gasteiger partial charge in [0.2, 0.25) is 5.91 Å². The monoisotopic (exact) mass is 288 g/mol. The van der Waals surface area contributed by atoms with Gasteiger partial charge in [0.05, 0.1) is 6.10 Å². The highest BCUT2D eigenvalue weighted by Crippen LogP contribution is 2.27. The molecule has 0 aromatic heterocycles. The van der Waals surface area contributed by atoms with Crippen molar-refractivity contribution >= 4 is 5.91 Å². The second-order valence-electron chi connectivity index (χ2n) is 6.05. The SMILES string of the molecule is O=C(CC1CCCN1)NCc1ccccc1OC1CCC1. The highest BCUT2D eigenvalue weighted by atomic mass is 16.5. The molecule has 1 aliphatic carbocycles. The van der Waals surface area contributed by atoms with Gasteiger partial charge in [-0.1, -0.05) is 18.2 Å². The molecule has 114 valence electrons. The molecule has 3 rings (SSSR count). The van der Waals surface area contributed by atoms with Crippen LogP contribution in [0, 0.1) is 0 Å². The predicted octanol–water partition coefficient (Wildman–Crippen LogP) is 2.38. The lowest BCUT2D eigenvalue weighted by atomic mass is 9.96. The Bertz CT molecular complexity index is 479. The maximum Gasteiger partial charge on any atom is 0.221 e. The van der Waals surface area contributed by atoms with E-state index in [0.29, 0.717) is 25.1 Å². The van der Waals surface area contributed by atoms with Crippen molar-refractivity contribution in [3.63, 3.8) is 0 Å². The summed E-state index contributed by atoms with van der Waals surface area (Å²) in [5.41, 5.74) is 1.07. The molecule has 2 N–H and O–H groups in total. The first kappa shape index (κ1) is 14.4. The Balaban J connectivity index is 1.50. The minimum absolute atomic E-state index is 0.118. The molecule has 0 spiro atoms. The van der Waals surface area contributed by atoms with E-state index in [2.05, 4.69) is 10.6 Å². The van der Waals surface area contributed by atoms with E-state index < -0.39 is 0 Å². The van der Waals surface area contributed by atoms with Crippen molar-refractivity contribution in [1.82, 2.24) is 10.6 Å². The standard InChI is InChI=1S/C17H24N2O2/c20-17(11-14-6-4-10-18-14)19-12-13-5-1-2-9-16(13)21-15-7-3-8-15/h1-2,5,9,14-15,18H,3-4,6-8,10-12H2,(H,19,20). The molecule has 1 aliphatic heterocycles. The molecule has 1 heterocycles. The van der Waals surface area contributed by atoms with Gasteiger partial charge in [-0.2, -0.15) is 0 Å². The number of benzene rings is 1. The molecule has 0 radical (unpaired) electrons. The van der Waals surface area contributed by atoms with Crippen LogP contribution in [-0.2, 0) is 11.3 Å². The molecule has 1 aromatic rings. The smallest absolute Gasteiger partial charge is 0.221 e. The average molecular weight is 288 g/mol. The van der Waals surface area contributed by atoms with Crippen LogP contribution in [0.4, 0.5) is 0 Å². The van der Waals surface area contributed by atoms with Crippen LogP contribution in [0.15, 0.2) is 24.3 Å². The zero-order valence-electron chi connectivity index (χ0n) is 12.4. The Morgan fingerprint density at radius 3 is 2.81 bits per heavy atom. The maximum absolute atomic E-state index is 12.0. The first-order valence-electron chi connectivity index (χ1n) is 8.06. The predicted molar refractivity (Wildman–Crippen MR) is 82.2 cm³/mol. The van der Waals surface area contributed by atoms with Gasteiger partial charge in [0.25, 0.3) is 0 Å². The Labute approximate surface area is 126 Å². The van der Waals surface area contributed by atoms with E-state index in [9.17, 15) is 4.79 Å². The second kappa shape index (κ2) is 6.94. The normalized spacial score (nSPS) is 21.8. The fraction of sp³-hybridized carbons (Fsp3) is 0.588. The largest absolute Gasteiger partial charge is 0.490 e. The van der Waals surface area contributed by atoms with Crippen LogP contribution in [0.25, 0.3) is 0 Å². The molecule has 1 aromatic carbocycles. The zero-order chi connectivity index (χ0) is 14.5. The number of hydrogen-bond acceptors (Lipinski definition) is 3. The fourth-order valence-corrected chi connectivity index (χ4v) is 2.85. The molecule has 2 aliphatic rings. The molecule has 4 heteroatoms. The molecule has 1 unspecified atom stereocenters. The number of hydrogen-bond donors (Lipinski definition) is 2. The molecule has 21 heavy (non-hydrogen) atoms. The van der Waals surface area contributed by atoms with Gasteiger partial charge in [0.1, 0.15) is 5.75 Å².